The fraction of sp³-hybridized carbons (Fsp3) is 0.190. The molecule has 2 N–H and O–H groups in total. The largest absolute Gasteiger partial charge is 0.508 e. The Morgan fingerprint density at radius 3 is 2.70 bits per heavy atom. The van der Waals surface area contributed by atoms with E-state index >= 15 is 0 Å². The standard InChI is InChI=1S/C21H19ClN2O2S/c1-26-16-5-2-13(3-6-16)18-11-19(17-10-15(22)4-7-20(17)25)24-21(23-18)14-8-9-27-12-14/h2-10,12,19,21,24-25H,11H2,1H3/t19-,21-/m0/s1. The van der Waals surface area contributed by atoms with Crippen LogP contribution in [0.25, 0.3) is 0 Å². The number of thiophene rings is 1. The Morgan fingerprint density at radius 2 is 2.00 bits per heavy atom. The van der Waals surface area contributed by atoms with Crippen LogP contribution in [-0.2, 0) is 0 Å². The minimum Gasteiger partial charge on any atom is -0.508 e. The molecule has 2 atom stereocenters. The molecule has 0 spiro atoms. The Hall–Kier alpha value is -2.34. The van der Waals surface area contributed by atoms with Crippen LogP contribution in [-0.4, -0.2) is 17.9 Å². The van der Waals surface area contributed by atoms with E-state index < -0.39 is 0 Å². The first-order chi connectivity index (χ1) is 13.1. The van der Waals surface area contributed by atoms with Crippen molar-refractivity contribution in [2.45, 2.75) is 18.6 Å². The highest BCUT2D eigenvalue weighted by Gasteiger charge is 2.28. The molecule has 0 aliphatic carbocycles. The summed E-state index contributed by atoms with van der Waals surface area (Å²) in [4.78, 5) is 4.93. The van der Waals surface area contributed by atoms with Gasteiger partial charge in [0, 0.05) is 34.3 Å². The van der Waals surface area contributed by atoms with E-state index in [2.05, 4.69) is 16.8 Å². The van der Waals surface area contributed by atoms with Crippen molar-refractivity contribution in [3.05, 3.63) is 81.0 Å². The zero-order chi connectivity index (χ0) is 18.8. The number of nitrogens with one attached hydrogen (secondary N) is 1. The van der Waals surface area contributed by atoms with Crippen LogP contribution in [0.2, 0.25) is 5.02 Å². The molecule has 1 aliphatic rings. The number of hydrogen-bond acceptors (Lipinski definition) is 5. The number of halogens is 1. The first-order valence-corrected chi connectivity index (χ1v) is 9.94. The highest BCUT2D eigenvalue weighted by Crippen LogP contribution is 2.36. The van der Waals surface area contributed by atoms with Gasteiger partial charge in [-0.3, -0.25) is 10.3 Å². The SMILES string of the molecule is COc1ccc(C2=N[C@H](c3ccsc3)N[C@H](c3cc(Cl)ccc3O)C2)cc1. The van der Waals surface area contributed by atoms with Crippen molar-refractivity contribution in [1.29, 1.82) is 0 Å². The van der Waals surface area contributed by atoms with Gasteiger partial charge in [0.2, 0.25) is 0 Å². The van der Waals surface area contributed by atoms with E-state index in [-0.39, 0.29) is 18.0 Å². The van der Waals surface area contributed by atoms with Gasteiger partial charge in [-0.15, -0.1) is 0 Å². The Balaban J connectivity index is 1.73. The lowest BCUT2D eigenvalue weighted by molar-refractivity contribution is 0.412. The smallest absolute Gasteiger partial charge is 0.127 e. The van der Waals surface area contributed by atoms with Crippen LogP contribution in [0.1, 0.15) is 35.3 Å². The third-order valence-corrected chi connectivity index (χ3v) is 5.63. The lowest BCUT2D eigenvalue weighted by Gasteiger charge is -2.30. The number of methoxy groups -OCH3 is 1. The molecule has 2 aromatic carbocycles. The van der Waals surface area contributed by atoms with E-state index in [9.17, 15) is 5.11 Å². The van der Waals surface area contributed by atoms with Crippen molar-refractivity contribution in [2.75, 3.05) is 7.11 Å². The van der Waals surface area contributed by atoms with Gasteiger partial charge in [0.1, 0.15) is 17.7 Å². The number of nitrogens with zero attached hydrogens (tertiary/aromatic N) is 1. The lowest BCUT2D eigenvalue weighted by atomic mass is 9.94. The molecule has 1 aliphatic heterocycles. The van der Waals surface area contributed by atoms with Gasteiger partial charge in [0.15, 0.2) is 0 Å². The molecular formula is C21H19ClN2O2S. The minimum atomic E-state index is -0.175. The second-order valence-corrected chi connectivity index (χ2v) is 7.61. The molecule has 4 nitrogen and oxygen atoms in total. The van der Waals surface area contributed by atoms with Gasteiger partial charge in [-0.1, -0.05) is 11.6 Å². The number of aliphatic imine (C=N–C) groups is 1. The molecule has 0 bridgehead atoms. The molecule has 0 fully saturated rings. The Bertz CT molecular complexity index is 955. The van der Waals surface area contributed by atoms with E-state index in [1.54, 1.807) is 30.6 Å². The Morgan fingerprint density at radius 1 is 1.19 bits per heavy atom. The number of phenols is 1. The molecular weight excluding hydrogens is 380 g/mol. The van der Waals surface area contributed by atoms with Crippen molar-refractivity contribution < 1.29 is 9.84 Å². The quantitative estimate of drug-likeness (QED) is 0.623. The third-order valence-electron chi connectivity index (χ3n) is 4.69. The average Bonchev–Trinajstić information content (AvgIpc) is 3.24. The number of rotatable bonds is 4. The van der Waals surface area contributed by atoms with Gasteiger partial charge in [-0.25, -0.2) is 0 Å². The van der Waals surface area contributed by atoms with Crippen LogP contribution >= 0.6 is 22.9 Å². The van der Waals surface area contributed by atoms with E-state index in [1.807, 2.05) is 35.7 Å². The third kappa shape index (κ3) is 3.86. The fourth-order valence-corrected chi connectivity index (χ4v) is 4.13. The summed E-state index contributed by atoms with van der Waals surface area (Å²) in [5, 5.41) is 18.6. The average molecular weight is 399 g/mol. The van der Waals surface area contributed by atoms with Gasteiger partial charge >= 0.3 is 0 Å². The van der Waals surface area contributed by atoms with Crippen molar-refractivity contribution in [2.24, 2.45) is 4.99 Å². The normalized spacial score (nSPS) is 19.6. The Kier molecular flexibility index (Phi) is 5.16. The molecule has 2 heterocycles. The molecule has 3 aromatic rings. The molecule has 0 saturated heterocycles. The second kappa shape index (κ2) is 7.72. The predicted molar refractivity (Wildman–Crippen MR) is 110 cm³/mol. The summed E-state index contributed by atoms with van der Waals surface area (Å²) in [6, 6.07) is 15.0. The van der Waals surface area contributed by atoms with Crippen LogP contribution in [0.15, 0.2) is 64.3 Å². The molecule has 0 amide bonds. The highest BCUT2D eigenvalue weighted by molar-refractivity contribution is 7.08. The highest BCUT2D eigenvalue weighted by atomic mass is 35.5. The maximum Gasteiger partial charge on any atom is 0.127 e. The summed E-state index contributed by atoms with van der Waals surface area (Å²) in [7, 11) is 1.65. The topological polar surface area (TPSA) is 53.8 Å². The summed E-state index contributed by atoms with van der Waals surface area (Å²) in [5.74, 6) is 1.05. The monoisotopic (exact) mass is 398 g/mol. The maximum atomic E-state index is 10.4. The Labute approximate surface area is 167 Å². The molecule has 27 heavy (non-hydrogen) atoms. The molecule has 1 aromatic heterocycles. The fourth-order valence-electron chi connectivity index (χ4n) is 3.27. The first kappa shape index (κ1) is 18.0. The summed E-state index contributed by atoms with van der Waals surface area (Å²) in [6.45, 7) is 0. The zero-order valence-corrected chi connectivity index (χ0v) is 16.3. The molecule has 0 saturated carbocycles. The van der Waals surface area contributed by atoms with Crippen LogP contribution in [0.3, 0.4) is 0 Å². The van der Waals surface area contributed by atoms with Crippen LogP contribution in [0.5, 0.6) is 11.5 Å². The zero-order valence-electron chi connectivity index (χ0n) is 14.7. The first-order valence-electron chi connectivity index (χ1n) is 8.61. The van der Waals surface area contributed by atoms with E-state index in [4.69, 9.17) is 21.3 Å². The van der Waals surface area contributed by atoms with Crippen molar-refractivity contribution in [1.82, 2.24) is 5.32 Å². The molecule has 138 valence electrons. The summed E-state index contributed by atoms with van der Waals surface area (Å²) in [6.07, 6.45) is 0.478. The van der Waals surface area contributed by atoms with Crippen LogP contribution < -0.4 is 10.1 Å². The van der Waals surface area contributed by atoms with Crippen molar-refractivity contribution in [3.63, 3.8) is 0 Å². The van der Waals surface area contributed by atoms with E-state index in [1.165, 1.54) is 0 Å². The summed E-state index contributed by atoms with van der Waals surface area (Å²) >= 11 is 7.82. The maximum absolute atomic E-state index is 10.4. The number of benzene rings is 2. The minimum absolute atomic E-state index is 0.0943. The van der Waals surface area contributed by atoms with E-state index in [0.717, 1.165) is 28.2 Å². The van der Waals surface area contributed by atoms with Crippen LogP contribution in [0.4, 0.5) is 0 Å². The second-order valence-electron chi connectivity index (χ2n) is 6.39. The molecule has 0 unspecified atom stereocenters. The molecule has 0 radical (unpaired) electrons. The number of ether oxygens (including phenoxy) is 1. The lowest BCUT2D eigenvalue weighted by Crippen LogP contribution is -2.32. The van der Waals surface area contributed by atoms with Gasteiger partial charge < -0.3 is 9.84 Å². The molecule has 4 rings (SSSR count). The van der Waals surface area contributed by atoms with Gasteiger partial charge in [0.25, 0.3) is 0 Å². The number of phenolic OH excluding ortho intramolecular Hbond substituents is 1. The molecule has 6 heteroatoms. The summed E-state index contributed by atoms with van der Waals surface area (Å²) in [5.41, 5.74) is 3.92. The van der Waals surface area contributed by atoms with Gasteiger partial charge in [0.05, 0.1) is 7.11 Å². The van der Waals surface area contributed by atoms with Crippen molar-refractivity contribution in [3.8, 4) is 11.5 Å². The van der Waals surface area contributed by atoms with Gasteiger partial charge in [-0.2, -0.15) is 11.3 Å². The van der Waals surface area contributed by atoms with Gasteiger partial charge in [-0.05, 0) is 64.9 Å². The summed E-state index contributed by atoms with van der Waals surface area (Å²) < 4.78 is 5.26. The van der Waals surface area contributed by atoms with Crippen molar-refractivity contribution >= 4 is 28.6 Å². The van der Waals surface area contributed by atoms with E-state index in [0.29, 0.717) is 11.4 Å². The number of hydrogen-bond donors (Lipinski definition) is 2. The number of aromatic hydroxyl groups is 1. The van der Waals surface area contributed by atoms with Crippen LogP contribution in [0, 0.1) is 0 Å². The predicted octanol–water partition coefficient (Wildman–Crippen LogP) is 5.34.